The van der Waals surface area contributed by atoms with Crippen molar-refractivity contribution in [2.45, 2.75) is 13.0 Å². The van der Waals surface area contributed by atoms with E-state index in [1.807, 2.05) is 0 Å². The minimum Gasteiger partial charge on any atom is -0.441 e. The van der Waals surface area contributed by atoms with Crippen molar-refractivity contribution >= 4 is 39.2 Å². The predicted molar refractivity (Wildman–Crippen MR) is 113 cm³/mol. The zero-order valence-electron chi connectivity index (χ0n) is 16.3. The van der Waals surface area contributed by atoms with Crippen LogP contribution in [0.5, 0.6) is 0 Å². The van der Waals surface area contributed by atoms with Crippen molar-refractivity contribution in [1.82, 2.24) is 20.0 Å². The molecule has 0 aliphatic rings. The number of anilines is 2. The van der Waals surface area contributed by atoms with Gasteiger partial charge in [0, 0.05) is 17.6 Å². The van der Waals surface area contributed by atoms with Crippen molar-refractivity contribution in [2.24, 2.45) is 7.05 Å². The maximum Gasteiger partial charge on any atom is 0.413 e. The van der Waals surface area contributed by atoms with Gasteiger partial charge in [0.2, 0.25) is 10.0 Å². The molecule has 0 fully saturated rings. The monoisotopic (exact) mass is 450 g/mol. The molecular weight excluding hydrogens is 432 g/mol. The summed E-state index contributed by atoms with van der Waals surface area (Å²) in [6, 6.07) is 10.2. The van der Waals surface area contributed by atoms with Crippen molar-refractivity contribution in [3.63, 3.8) is 0 Å². The summed E-state index contributed by atoms with van der Waals surface area (Å²) >= 11 is 6.14. The fourth-order valence-corrected chi connectivity index (χ4v) is 3.47. The van der Waals surface area contributed by atoms with Gasteiger partial charge in [0.1, 0.15) is 6.10 Å². The smallest absolute Gasteiger partial charge is 0.413 e. The van der Waals surface area contributed by atoms with Crippen LogP contribution in [0.2, 0.25) is 5.02 Å². The van der Waals surface area contributed by atoms with Crippen molar-refractivity contribution < 1.29 is 17.9 Å². The molecule has 2 aromatic heterocycles. The standard InChI is InChI=1S/C18H19ClN6O4S/c1-11(13-6-4-5-7-14(13)19)29-18(26)21-17-16(22-24-25(17)2)15-9-8-12(10-20-15)23-30(3,27)28/h4-11,23H,1-3H3,(H,21,26)/t11-/m1/s1. The molecule has 2 N–H and O–H groups in total. The molecule has 1 amide bonds. The Morgan fingerprint density at radius 2 is 1.97 bits per heavy atom. The maximum absolute atomic E-state index is 12.4. The van der Waals surface area contributed by atoms with Crippen LogP contribution >= 0.6 is 11.6 Å². The van der Waals surface area contributed by atoms with E-state index in [1.165, 1.54) is 16.9 Å². The molecule has 0 aliphatic carbocycles. The molecule has 3 aromatic rings. The van der Waals surface area contributed by atoms with Gasteiger partial charge in [0.25, 0.3) is 0 Å². The Morgan fingerprint density at radius 3 is 2.60 bits per heavy atom. The summed E-state index contributed by atoms with van der Waals surface area (Å²) in [7, 11) is -1.82. The van der Waals surface area contributed by atoms with E-state index in [0.717, 1.165) is 6.26 Å². The van der Waals surface area contributed by atoms with Crippen LogP contribution < -0.4 is 10.0 Å². The molecule has 0 radical (unpaired) electrons. The Kier molecular flexibility index (Phi) is 6.22. The zero-order chi connectivity index (χ0) is 21.9. The lowest BCUT2D eigenvalue weighted by molar-refractivity contribution is 0.121. The molecule has 0 bridgehead atoms. The fourth-order valence-electron chi connectivity index (χ4n) is 2.63. The number of amides is 1. The Bertz CT molecular complexity index is 1160. The lowest BCUT2D eigenvalue weighted by atomic mass is 10.1. The second kappa shape index (κ2) is 8.67. The molecule has 0 spiro atoms. The minimum atomic E-state index is -3.42. The predicted octanol–water partition coefficient (Wildman–Crippen LogP) is 3.21. The summed E-state index contributed by atoms with van der Waals surface area (Å²) < 4.78 is 31.7. The van der Waals surface area contributed by atoms with Gasteiger partial charge < -0.3 is 4.74 Å². The number of hydrogen-bond donors (Lipinski definition) is 2. The third kappa shape index (κ3) is 5.24. The molecule has 10 nitrogen and oxygen atoms in total. The van der Waals surface area contributed by atoms with Crippen LogP contribution in [0, 0.1) is 0 Å². The van der Waals surface area contributed by atoms with Crippen LogP contribution in [0.15, 0.2) is 42.6 Å². The van der Waals surface area contributed by atoms with Gasteiger partial charge in [0.15, 0.2) is 11.5 Å². The summed E-state index contributed by atoms with van der Waals surface area (Å²) in [6.45, 7) is 1.71. The molecule has 0 saturated carbocycles. The third-order valence-corrected chi connectivity index (χ3v) is 4.93. The third-order valence-electron chi connectivity index (χ3n) is 3.98. The van der Waals surface area contributed by atoms with Crippen LogP contribution in [-0.2, 0) is 21.8 Å². The highest BCUT2D eigenvalue weighted by Gasteiger charge is 2.20. The van der Waals surface area contributed by atoms with Gasteiger partial charge in [-0.05, 0) is 25.1 Å². The molecule has 2 heterocycles. The molecule has 12 heteroatoms. The average Bonchev–Trinajstić information content (AvgIpc) is 3.02. The molecule has 158 valence electrons. The summed E-state index contributed by atoms with van der Waals surface area (Å²) in [5.74, 6) is 0.266. The quantitative estimate of drug-likeness (QED) is 0.589. The van der Waals surface area contributed by atoms with Crippen molar-refractivity contribution in [3.05, 3.63) is 53.2 Å². The van der Waals surface area contributed by atoms with Crippen LogP contribution in [0.1, 0.15) is 18.6 Å². The summed E-state index contributed by atoms with van der Waals surface area (Å²) in [4.78, 5) is 16.6. The van der Waals surface area contributed by atoms with Gasteiger partial charge in [-0.3, -0.25) is 15.0 Å². The van der Waals surface area contributed by atoms with Gasteiger partial charge >= 0.3 is 6.09 Å². The molecule has 0 aliphatic heterocycles. The normalized spacial score (nSPS) is 12.3. The highest BCUT2D eigenvalue weighted by Crippen LogP contribution is 2.27. The molecule has 0 saturated heterocycles. The number of halogens is 1. The van der Waals surface area contributed by atoms with E-state index in [-0.39, 0.29) is 5.82 Å². The van der Waals surface area contributed by atoms with Crippen LogP contribution in [0.4, 0.5) is 16.3 Å². The molecule has 1 atom stereocenters. The second-order valence-corrected chi connectivity index (χ2v) is 8.57. The van der Waals surface area contributed by atoms with E-state index in [4.69, 9.17) is 16.3 Å². The number of sulfonamides is 1. The van der Waals surface area contributed by atoms with Gasteiger partial charge in [-0.15, -0.1) is 5.10 Å². The SMILES string of the molecule is C[C@@H](OC(=O)Nc1c(-c2ccc(NS(C)(=O)=O)cn2)nnn1C)c1ccccc1Cl. The summed E-state index contributed by atoms with van der Waals surface area (Å²) in [5.41, 5.74) is 1.66. The average molecular weight is 451 g/mol. The van der Waals surface area contributed by atoms with E-state index < -0.39 is 22.2 Å². The first-order chi connectivity index (χ1) is 14.1. The molecule has 3 rings (SSSR count). The highest BCUT2D eigenvalue weighted by molar-refractivity contribution is 7.92. The lowest BCUT2D eigenvalue weighted by Crippen LogP contribution is -2.18. The summed E-state index contributed by atoms with van der Waals surface area (Å²) in [5, 5.41) is 11.0. The number of pyridine rings is 1. The Morgan fingerprint density at radius 1 is 1.23 bits per heavy atom. The van der Waals surface area contributed by atoms with E-state index in [9.17, 15) is 13.2 Å². The number of nitrogens with zero attached hydrogens (tertiary/aromatic N) is 4. The maximum atomic E-state index is 12.4. The fraction of sp³-hybridized carbons (Fsp3) is 0.222. The number of rotatable bonds is 6. The highest BCUT2D eigenvalue weighted by atomic mass is 35.5. The van der Waals surface area contributed by atoms with E-state index in [2.05, 4.69) is 25.3 Å². The minimum absolute atomic E-state index is 0.266. The van der Waals surface area contributed by atoms with Crippen molar-refractivity contribution in [1.29, 1.82) is 0 Å². The van der Waals surface area contributed by atoms with Crippen molar-refractivity contribution in [3.8, 4) is 11.4 Å². The van der Waals surface area contributed by atoms with E-state index in [0.29, 0.717) is 27.7 Å². The van der Waals surface area contributed by atoms with Crippen LogP contribution in [-0.4, -0.2) is 40.7 Å². The first-order valence-electron chi connectivity index (χ1n) is 8.70. The Hall–Kier alpha value is -3.18. The Labute approximate surface area is 178 Å². The van der Waals surface area contributed by atoms with Crippen LogP contribution in [0.25, 0.3) is 11.4 Å². The number of carbonyl (C=O) groups is 1. The largest absolute Gasteiger partial charge is 0.441 e. The molecular formula is C18H19ClN6O4S. The number of benzene rings is 1. The number of aryl methyl sites for hydroxylation is 1. The number of carbonyl (C=O) groups excluding carboxylic acids is 1. The van der Waals surface area contributed by atoms with Crippen molar-refractivity contribution in [2.75, 3.05) is 16.3 Å². The van der Waals surface area contributed by atoms with Crippen LogP contribution in [0.3, 0.4) is 0 Å². The first-order valence-corrected chi connectivity index (χ1v) is 11.0. The molecule has 30 heavy (non-hydrogen) atoms. The second-order valence-electron chi connectivity index (χ2n) is 6.41. The molecule has 0 unspecified atom stereocenters. The number of hydrogen-bond acceptors (Lipinski definition) is 7. The van der Waals surface area contributed by atoms with Gasteiger partial charge in [-0.1, -0.05) is 35.0 Å². The number of aromatic nitrogens is 4. The van der Waals surface area contributed by atoms with E-state index >= 15 is 0 Å². The summed E-state index contributed by atoms with van der Waals surface area (Å²) in [6.07, 6.45) is 1.08. The number of nitrogens with one attached hydrogen (secondary N) is 2. The van der Waals surface area contributed by atoms with E-state index in [1.54, 1.807) is 44.3 Å². The van der Waals surface area contributed by atoms with Gasteiger partial charge in [-0.2, -0.15) is 0 Å². The topological polar surface area (TPSA) is 128 Å². The first kappa shape index (κ1) is 21.5. The zero-order valence-corrected chi connectivity index (χ0v) is 17.9. The Balaban J connectivity index is 1.76. The molecule has 1 aromatic carbocycles. The van der Waals surface area contributed by atoms with Gasteiger partial charge in [-0.25, -0.2) is 17.9 Å². The lowest BCUT2D eigenvalue weighted by Gasteiger charge is -2.15. The number of ether oxygens (including phenoxy) is 1. The van der Waals surface area contributed by atoms with Gasteiger partial charge in [0.05, 0.1) is 23.8 Å².